The molecule has 108 valence electrons. The summed E-state index contributed by atoms with van der Waals surface area (Å²) in [5, 5.41) is 0.142. The van der Waals surface area contributed by atoms with Crippen molar-refractivity contribution < 1.29 is 18.8 Å². The Kier molecular flexibility index (Phi) is 4.92. The molecule has 0 radical (unpaired) electrons. The number of hydrogen-bond donors (Lipinski definition) is 0. The van der Waals surface area contributed by atoms with E-state index < -0.39 is 14.4 Å². The van der Waals surface area contributed by atoms with Gasteiger partial charge in [-0.3, -0.25) is 4.79 Å². The maximum atomic E-state index is 11.7. The quantitative estimate of drug-likeness (QED) is 0.588. The second-order valence-electron chi connectivity index (χ2n) is 6.08. The van der Waals surface area contributed by atoms with Gasteiger partial charge >= 0.3 is 6.09 Å². The van der Waals surface area contributed by atoms with Crippen molar-refractivity contribution in [2.24, 2.45) is 0 Å². The Hall–Kier alpha value is -1.14. The SMILES string of the molecule is CC(C)(C)[Si](C)(C)OC/C=C/C(=O)N1CCOC1=O. The van der Waals surface area contributed by atoms with Crippen LogP contribution in [0, 0.1) is 0 Å². The summed E-state index contributed by atoms with van der Waals surface area (Å²) in [5.74, 6) is -0.346. The fraction of sp³-hybridized carbons (Fsp3) is 0.692. The summed E-state index contributed by atoms with van der Waals surface area (Å²) in [7, 11) is -1.79. The first kappa shape index (κ1) is 15.9. The van der Waals surface area contributed by atoms with Crippen molar-refractivity contribution in [1.82, 2.24) is 4.90 Å². The van der Waals surface area contributed by atoms with E-state index >= 15 is 0 Å². The molecule has 19 heavy (non-hydrogen) atoms. The number of cyclic esters (lactones) is 1. The minimum Gasteiger partial charge on any atom is -0.447 e. The average Bonchev–Trinajstić information content (AvgIpc) is 2.69. The van der Waals surface area contributed by atoms with E-state index in [4.69, 9.17) is 9.16 Å². The summed E-state index contributed by atoms with van der Waals surface area (Å²) < 4.78 is 10.6. The molecule has 5 nitrogen and oxygen atoms in total. The Labute approximate surface area is 115 Å². The van der Waals surface area contributed by atoms with Crippen LogP contribution < -0.4 is 0 Å². The molecule has 0 aromatic heterocycles. The Morgan fingerprint density at radius 3 is 2.58 bits per heavy atom. The minimum absolute atomic E-state index is 0.142. The Morgan fingerprint density at radius 2 is 2.11 bits per heavy atom. The lowest BCUT2D eigenvalue weighted by molar-refractivity contribution is -0.122. The molecule has 1 aliphatic heterocycles. The van der Waals surface area contributed by atoms with Gasteiger partial charge in [0.25, 0.3) is 5.91 Å². The molecule has 0 aliphatic carbocycles. The van der Waals surface area contributed by atoms with E-state index in [-0.39, 0.29) is 17.6 Å². The van der Waals surface area contributed by atoms with E-state index in [1.807, 2.05) is 0 Å². The van der Waals surface area contributed by atoms with Crippen molar-refractivity contribution in [3.8, 4) is 0 Å². The van der Waals surface area contributed by atoms with E-state index in [1.165, 1.54) is 6.08 Å². The van der Waals surface area contributed by atoms with Gasteiger partial charge in [-0.05, 0) is 18.1 Å². The van der Waals surface area contributed by atoms with E-state index in [2.05, 4.69) is 33.9 Å². The van der Waals surface area contributed by atoms with Crippen molar-refractivity contribution in [2.45, 2.75) is 38.9 Å². The van der Waals surface area contributed by atoms with Crippen LogP contribution in [0.25, 0.3) is 0 Å². The van der Waals surface area contributed by atoms with Crippen molar-refractivity contribution >= 4 is 20.3 Å². The maximum Gasteiger partial charge on any atom is 0.416 e. The number of hydrogen-bond acceptors (Lipinski definition) is 4. The lowest BCUT2D eigenvalue weighted by Crippen LogP contribution is -2.40. The molecule has 1 fully saturated rings. The Bertz CT molecular complexity index is 385. The molecule has 2 amide bonds. The van der Waals surface area contributed by atoms with Crippen LogP contribution in [-0.2, 0) is 14.0 Å². The summed E-state index contributed by atoms with van der Waals surface area (Å²) in [6.45, 7) is 11.8. The normalized spacial score (nSPS) is 17.1. The number of carbonyl (C=O) groups is 2. The van der Waals surface area contributed by atoms with Gasteiger partial charge in [0.1, 0.15) is 6.61 Å². The van der Waals surface area contributed by atoms with Gasteiger partial charge in [-0.1, -0.05) is 26.8 Å². The smallest absolute Gasteiger partial charge is 0.416 e. The number of carbonyl (C=O) groups excluding carboxylic acids is 2. The lowest BCUT2D eigenvalue weighted by atomic mass is 10.2. The Balaban J connectivity index is 2.43. The van der Waals surface area contributed by atoms with Crippen LogP contribution >= 0.6 is 0 Å². The number of ether oxygens (including phenoxy) is 1. The van der Waals surface area contributed by atoms with Gasteiger partial charge in [0.2, 0.25) is 0 Å². The van der Waals surface area contributed by atoms with Gasteiger partial charge in [-0.25, -0.2) is 9.69 Å². The molecule has 0 bridgehead atoms. The predicted molar refractivity (Wildman–Crippen MR) is 75.4 cm³/mol. The molecule has 0 aromatic rings. The molecule has 0 N–H and O–H groups in total. The van der Waals surface area contributed by atoms with Gasteiger partial charge in [-0.2, -0.15) is 0 Å². The van der Waals surface area contributed by atoms with Crippen molar-refractivity contribution in [1.29, 1.82) is 0 Å². The Morgan fingerprint density at radius 1 is 1.47 bits per heavy atom. The van der Waals surface area contributed by atoms with Crippen LogP contribution in [0.5, 0.6) is 0 Å². The highest BCUT2D eigenvalue weighted by Gasteiger charge is 2.36. The maximum absolute atomic E-state index is 11.7. The second kappa shape index (κ2) is 5.88. The average molecular weight is 285 g/mol. The molecule has 0 spiro atoms. The first-order valence-corrected chi connectivity index (χ1v) is 9.35. The summed E-state index contributed by atoms with van der Waals surface area (Å²) in [4.78, 5) is 23.9. The highest BCUT2D eigenvalue weighted by molar-refractivity contribution is 6.74. The molecule has 0 atom stereocenters. The minimum atomic E-state index is -1.79. The third kappa shape index (κ3) is 4.17. The predicted octanol–water partition coefficient (Wildman–Crippen LogP) is 2.54. The van der Waals surface area contributed by atoms with E-state index in [1.54, 1.807) is 6.08 Å². The largest absolute Gasteiger partial charge is 0.447 e. The topological polar surface area (TPSA) is 55.8 Å². The monoisotopic (exact) mass is 285 g/mol. The van der Waals surface area contributed by atoms with Crippen molar-refractivity contribution in [3.63, 3.8) is 0 Å². The number of amides is 2. The van der Waals surface area contributed by atoms with Gasteiger partial charge < -0.3 is 9.16 Å². The number of nitrogens with zero attached hydrogens (tertiary/aromatic N) is 1. The number of imide groups is 1. The molecule has 0 aromatic carbocycles. The fourth-order valence-electron chi connectivity index (χ4n) is 1.31. The van der Waals surface area contributed by atoms with Crippen LogP contribution in [0.2, 0.25) is 18.1 Å². The number of rotatable bonds is 4. The van der Waals surface area contributed by atoms with Crippen molar-refractivity contribution in [3.05, 3.63) is 12.2 Å². The van der Waals surface area contributed by atoms with Crippen LogP contribution in [0.15, 0.2) is 12.2 Å². The van der Waals surface area contributed by atoms with Gasteiger partial charge in [-0.15, -0.1) is 0 Å². The molecule has 1 rings (SSSR count). The molecule has 1 aliphatic rings. The van der Waals surface area contributed by atoms with Crippen LogP contribution in [0.1, 0.15) is 20.8 Å². The standard InChI is InChI=1S/C13H23NO4Si/c1-13(2,3)19(4,5)18-9-6-7-11(15)14-8-10-17-12(14)16/h6-7H,8-10H2,1-5H3/b7-6+. The zero-order chi connectivity index (χ0) is 14.7. The second-order valence-corrected chi connectivity index (χ2v) is 10.9. The lowest BCUT2D eigenvalue weighted by Gasteiger charge is -2.35. The van der Waals surface area contributed by atoms with Gasteiger partial charge in [0, 0.05) is 6.08 Å². The highest BCUT2D eigenvalue weighted by atomic mass is 28.4. The summed E-state index contributed by atoms with van der Waals surface area (Å²) >= 11 is 0. The first-order chi connectivity index (χ1) is 8.65. The van der Waals surface area contributed by atoms with Crippen molar-refractivity contribution in [2.75, 3.05) is 19.8 Å². The van der Waals surface area contributed by atoms with Crippen LogP contribution in [-0.4, -0.2) is 45.0 Å². The molecule has 6 heteroatoms. The van der Waals surface area contributed by atoms with Gasteiger partial charge in [0.05, 0.1) is 13.2 Å². The summed E-state index contributed by atoms with van der Waals surface area (Å²) in [6, 6.07) is 0. The fourth-order valence-corrected chi connectivity index (χ4v) is 2.25. The zero-order valence-corrected chi connectivity index (χ0v) is 13.4. The third-order valence-corrected chi connectivity index (χ3v) is 8.13. The van der Waals surface area contributed by atoms with Crippen LogP contribution in [0.4, 0.5) is 4.79 Å². The summed E-state index contributed by atoms with van der Waals surface area (Å²) in [5.41, 5.74) is 0. The third-order valence-electron chi connectivity index (χ3n) is 3.63. The molecule has 0 saturated carbocycles. The zero-order valence-electron chi connectivity index (χ0n) is 12.4. The van der Waals surface area contributed by atoms with Gasteiger partial charge in [0.15, 0.2) is 8.32 Å². The first-order valence-electron chi connectivity index (χ1n) is 6.44. The van der Waals surface area contributed by atoms with E-state index in [9.17, 15) is 9.59 Å². The van der Waals surface area contributed by atoms with Crippen LogP contribution in [0.3, 0.4) is 0 Å². The molecular formula is C13H23NO4Si. The van der Waals surface area contributed by atoms with E-state index in [0.29, 0.717) is 13.2 Å². The highest BCUT2D eigenvalue weighted by Crippen LogP contribution is 2.36. The molecule has 0 unspecified atom stereocenters. The molecule has 1 saturated heterocycles. The molecule has 1 heterocycles. The summed E-state index contributed by atoms with van der Waals surface area (Å²) in [6.07, 6.45) is 2.47. The van der Waals surface area contributed by atoms with E-state index in [0.717, 1.165) is 4.90 Å². The molecular weight excluding hydrogens is 262 g/mol.